The van der Waals surface area contributed by atoms with Crippen molar-refractivity contribution >= 4 is 11.8 Å². The molecule has 2 heterocycles. The number of carbonyl (C=O) groups is 2. The Morgan fingerprint density at radius 2 is 1.69 bits per heavy atom. The van der Waals surface area contributed by atoms with Gasteiger partial charge in [0.1, 0.15) is 0 Å². The summed E-state index contributed by atoms with van der Waals surface area (Å²) in [5, 5.41) is 6.61. The van der Waals surface area contributed by atoms with Crippen molar-refractivity contribution in [2.75, 3.05) is 13.1 Å². The number of likely N-dealkylation sites (tertiary alicyclic amines) is 1. The van der Waals surface area contributed by atoms with Gasteiger partial charge in [-0.05, 0) is 68.5 Å². The highest BCUT2D eigenvalue weighted by molar-refractivity contribution is 5.95. The van der Waals surface area contributed by atoms with Crippen molar-refractivity contribution in [2.45, 2.75) is 51.7 Å². The highest BCUT2D eigenvalue weighted by Crippen LogP contribution is 2.20. The molecule has 2 aliphatic heterocycles. The summed E-state index contributed by atoms with van der Waals surface area (Å²) in [4.78, 5) is 27.3. The van der Waals surface area contributed by atoms with Crippen molar-refractivity contribution in [3.05, 3.63) is 70.3 Å². The Morgan fingerprint density at radius 1 is 1.00 bits per heavy atom. The Hall–Kier alpha value is -2.66. The van der Waals surface area contributed by atoms with E-state index in [0.29, 0.717) is 19.1 Å². The Kier molecular flexibility index (Phi) is 5.67. The minimum Gasteiger partial charge on any atom is -0.349 e. The molecule has 2 N–H and O–H groups in total. The van der Waals surface area contributed by atoms with Crippen LogP contribution >= 0.6 is 0 Å². The quantitative estimate of drug-likeness (QED) is 0.845. The van der Waals surface area contributed by atoms with Crippen LogP contribution in [0.1, 0.15) is 57.2 Å². The summed E-state index contributed by atoms with van der Waals surface area (Å²) in [7, 11) is 0. The molecule has 0 bridgehead atoms. The number of carbonyl (C=O) groups excluding carboxylic acids is 2. The number of hydrogen-bond acceptors (Lipinski definition) is 3. The van der Waals surface area contributed by atoms with Crippen LogP contribution in [0.3, 0.4) is 0 Å². The summed E-state index contributed by atoms with van der Waals surface area (Å²) in [6.07, 6.45) is 2.53. The van der Waals surface area contributed by atoms with E-state index >= 15 is 0 Å². The van der Waals surface area contributed by atoms with Crippen molar-refractivity contribution in [3.8, 4) is 0 Å². The first kappa shape index (κ1) is 19.6. The Labute approximate surface area is 172 Å². The minimum absolute atomic E-state index is 0.0118. The fraction of sp³-hybridized carbons (Fsp3) is 0.417. The summed E-state index contributed by atoms with van der Waals surface area (Å²) in [5.41, 5.74) is 5.16. The van der Waals surface area contributed by atoms with Crippen LogP contribution in [-0.2, 0) is 13.0 Å². The molecule has 0 spiro atoms. The van der Waals surface area contributed by atoms with Crippen LogP contribution in [0.4, 0.5) is 0 Å². The molecule has 0 aliphatic carbocycles. The van der Waals surface area contributed by atoms with Gasteiger partial charge in [0.25, 0.3) is 11.8 Å². The fourth-order valence-corrected chi connectivity index (χ4v) is 4.19. The van der Waals surface area contributed by atoms with Crippen molar-refractivity contribution in [2.24, 2.45) is 0 Å². The standard InChI is InChI=1S/C24H29N3O2/c1-16-3-5-18(6-4-16)24(29)27-11-9-22(10-12-27)26-23(28)19-7-8-20-15-25-17(2)13-21(20)14-19/h3-8,14,17,22,25H,9-13,15H2,1-2H3,(H,26,28). The van der Waals surface area contributed by atoms with E-state index in [1.54, 1.807) is 0 Å². The zero-order chi connectivity index (χ0) is 20.4. The number of hydrogen-bond donors (Lipinski definition) is 2. The van der Waals surface area contributed by atoms with Gasteiger partial charge in [-0.15, -0.1) is 0 Å². The van der Waals surface area contributed by atoms with Gasteiger partial charge in [-0.25, -0.2) is 0 Å². The van der Waals surface area contributed by atoms with Gasteiger partial charge in [-0.2, -0.15) is 0 Å². The van der Waals surface area contributed by atoms with Crippen LogP contribution in [0.2, 0.25) is 0 Å². The maximum absolute atomic E-state index is 12.7. The molecule has 1 unspecified atom stereocenters. The maximum Gasteiger partial charge on any atom is 0.253 e. The van der Waals surface area contributed by atoms with Gasteiger partial charge in [0.15, 0.2) is 0 Å². The molecule has 1 saturated heterocycles. The maximum atomic E-state index is 12.7. The molecule has 4 rings (SSSR count). The molecule has 0 radical (unpaired) electrons. The van der Waals surface area contributed by atoms with Crippen molar-refractivity contribution in [1.82, 2.24) is 15.5 Å². The summed E-state index contributed by atoms with van der Waals surface area (Å²) in [6, 6.07) is 14.3. The predicted octanol–water partition coefficient (Wildman–Crippen LogP) is 3.06. The third kappa shape index (κ3) is 4.51. The summed E-state index contributed by atoms with van der Waals surface area (Å²) >= 11 is 0. The molecule has 5 heteroatoms. The number of amides is 2. The first-order valence-electron chi connectivity index (χ1n) is 10.5. The SMILES string of the molecule is Cc1ccc(C(=O)N2CCC(NC(=O)c3ccc4c(c3)CC(C)NC4)CC2)cc1. The molecule has 29 heavy (non-hydrogen) atoms. The fourth-order valence-electron chi connectivity index (χ4n) is 4.19. The van der Waals surface area contributed by atoms with Gasteiger partial charge in [0.05, 0.1) is 0 Å². The Morgan fingerprint density at radius 3 is 2.41 bits per heavy atom. The zero-order valence-electron chi connectivity index (χ0n) is 17.2. The second-order valence-electron chi connectivity index (χ2n) is 8.38. The van der Waals surface area contributed by atoms with Crippen LogP contribution in [0.15, 0.2) is 42.5 Å². The summed E-state index contributed by atoms with van der Waals surface area (Å²) in [6.45, 7) is 6.39. The molecular formula is C24H29N3O2. The van der Waals surface area contributed by atoms with Crippen molar-refractivity contribution in [3.63, 3.8) is 0 Å². The largest absolute Gasteiger partial charge is 0.349 e. The van der Waals surface area contributed by atoms with Crippen molar-refractivity contribution < 1.29 is 9.59 Å². The van der Waals surface area contributed by atoms with Gasteiger partial charge >= 0.3 is 0 Å². The molecule has 0 saturated carbocycles. The molecule has 2 amide bonds. The Balaban J connectivity index is 1.32. The highest BCUT2D eigenvalue weighted by Gasteiger charge is 2.25. The smallest absolute Gasteiger partial charge is 0.253 e. The van der Waals surface area contributed by atoms with Crippen molar-refractivity contribution in [1.29, 1.82) is 0 Å². The van der Waals surface area contributed by atoms with E-state index in [1.807, 2.05) is 48.2 Å². The minimum atomic E-state index is -0.0118. The first-order chi connectivity index (χ1) is 14.0. The van der Waals surface area contributed by atoms with E-state index in [9.17, 15) is 9.59 Å². The number of aryl methyl sites for hydroxylation is 1. The molecule has 2 aliphatic rings. The monoisotopic (exact) mass is 391 g/mol. The molecule has 0 aromatic heterocycles. The van der Waals surface area contributed by atoms with Crippen LogP contribution in [0.25, 0.3) is 0 Å². The lowest BCUT2D eigenvalue weighted by Crippen LogP contribution is -2.46. The number of rotatable bonds is 3. The van der Waals surface area contributed by atoms with E-state index in [4.69, 9.17) is 0 Å². The third-order valence-electron chi connectivity index (χ3n) is 6.05. The average molecular weight is 392 g/mol. The van der Waals surface area contributed by atoms with Gasteiger partial charge in [0, 0.05) is 42.8 Å². The lowest BCUT2D eigenvalue weighted by molar-refractivity contribution is 0.0698. The number of fused-ring (bicyclic) bond motifs is 1. The number of nitrogens with one attached hydrogen (secondary N) is 2. The van der Waals surface area contributed by atoms with Gasteiger partial charge in [-0.1, -0.05) is 23.8 Å². The number of benzene rings is 2. The normalized spacial score (nSPS) is 19.5. The first-order valence-corrected chi connectivity index (χ1v) is 10.5. The molecular weight excluding hydrogens is 362 g/mol. The average Bonchev–Trinajstić information content (AvgIpc) is 2.73. The topological polar surface area (TPSA) is 61.4 Å². The van der Waals surface area contributed by atoms with E-state index in [2.05, 4.69) is 23.6 Å². The number of piperidine rings is 1. The molecule has 5 nitrogen and oxygen atoms in total. The van der Waals surface area contributed by atoms with E-state index < -0.39 is 0 Å². The third-order valence-corrected chi connectivity index (χ3v) is 6.05. The zero-order valence-corrected chi connectivity index (χ0v) is 17.2. The lowest BCUT2D eigenvalue weighted by Gasteiger charge is -2.32. The van der Waals surface area contributed by atoms with Crippen LogP contribution in [-0.4, -0.2) is 41.9 Å². The summed E-state index contributed by atoms with van der Waals surface area (Å²) in [5.74, 6) is 0.0643. The van der Waals surface area contributed by atoms with E-state index in [1.165, 1.54) is 11.1 Å². The number of nitrogens with zero attached hydrogens (tertiary/aromatic N) is 1. The van der Waals surface area contributed by atoms with E-state index in [0.717, 1.165) is 42.5 Å². The lowest BCUT2D eigenvalue weighted by atomic mass is 9.94. The molecule has 2 aromatic carbocycles. The van der Waals surface area contributed by atoms with Crippen LogP contribution in [0.5, 0.6) is 0 Å². The van der Waals surface area contributed by atoms with E-state index in [-0.39, 0.29) is 17.9 Å². The predicted molar refractivity (Wildman–Crippen MR) is 114 cm³/mol. The van der Waals surface area contributed by atoms with Gasteiger partial charge in [0.2, 0.25) is 0 Å². The molecule has 152 valence electrons. The Bertz CT molecular complexity index is 899. The van der Waals surface area contributed by atoms with Gasteiger partial charge in [-0.3, -0.25) is 9.59 Å². The molecule has 1 atom stereocenters. The molecule has 2 aromatic rings. The van der Waals surface area contributed by atoms with Gasteiger partial charge < -0.3 is 15.5 Å². The highest BCUT2D eigenvalue weighted by atomic mass is 16.2. The second kappa shape index (κ2) is 8.37. The van der Waals surface area contributed by atoms with Crippen LogP contribution < -0.4 is 10.6 Å². The summed E-state index contributed by atoms with van der Waals surface area (Å²) < 4.78 is 0. The van der Waals surface area contributed by atoms with Crippen LogP contribution in [0, 0.1) is 6.92 Å². The molecule has 1 fully saturated rings. The second-order valence-corrected chi connectivity index (χ2v) is 8.38.